The van der Waals surface area contributed by atoms with Gasteiger partial charge in [-0.05, 0) is 38.1 Å². The zero-order valence-corrected chi connectivity index (χ0v) is 14.6. The van der Waals surface area contributed by atoms with Crippen LogP contribution >= 0.6 is 24.8 Å². The molecule has 0 aliphatic carbocycles. The molecule has 0 radical (unpaired) electrons. The second-order valence-corrected chi connectivity index (χ2v) is 5.40. The summed E-state index contributed by atoms with van der Waals surface area (Å²) in [5.74, 6) is 0.108. The Balaban J connectivity index is 0.00000132. The van der Waals surface area contributed by atoms with Gasteiger partial charge in [-0.1, -0.05) is 6.07 Å². The van der Waals surface area contributed by atoms with Crippen molar-refractivity contribution in [3.8, 4) is 5.69 Å². The lowest BCUT2D eigenvalue weighted by Gasteiger charge is -2.32. The summed E-state index contributed by atoms with van der Waals surface area (Å²) in [4.78, 5) is 18.6. The van der Waals surface area contributed by atoms with E-state index in [4.69, 9.17) is 0 Å². The van der Waals surface area contributed by atoms with Crippen molar-refractivity contribution < 1.29 is 4.79 Å². The molecule has 0 spiro atoms. The van der Waals surface area contributed by atoms with Crippen LogP contribution in [0.15, 0.2) is 43.0 Å². The number of rotatable bonds is 3. The van der Waals surface area contributed by atoms with E-state index in [9.17, 15) is 4.79 Å². The van der Waals surface area contributed by atoms with E-state index < -0.39 is 0 Å². The predicted molar refractivity (Wildman–Crippen MR) is 96.0 cm³/mol. The summed E-state index contributed by atoms with van der Waals surface area (Å²) >= 11 is 0. The molecule has 1 atom stereocenters. The summed E-state index contributed by atoms with van der Waals surface area (Å²) in [7, 11) is 1.96. The smallest absolute Gasteiger partial charge is 0.253 e. The Kier molecular flexibility index (Phi) is 7.55. The minimum Gasteiger partial charge on any atom is -0.337 e. The number of hydrogen-bond donors (Lipinski definition) is 1. The molecule has 126 valence electrons. The Morgan fingerprint density at radius 2 is 2.17 bits per heavy atom. The normalized spacial score (nSPS) is 17.1. The van der Waals surface area contributed by atoms with Gasteiger partial charge in [-0.15, -0.1) is 24.8 Å². The number of hydrogen-bond acceptors (Lipinski definition) is 3. The summed E-state index contributed by atoms with van der Waals surface area (Å²) < 4.78 is 1.91. The molecule has 1 aliphatic heterocycles. The Hall–Kier alpha value is -1.56. The molecule has 3 rings (SSSR count). The lowest BCUT2D eigenvalue weighted by molar-refractivity contribution is 0.0698. The Labute approximate surface area is 148 Å². The first-order valence-corrected chi connectivity index (χ1v) is 7.33. The van der Waals surface area contributed by atoms with Crippen LogP contribution in [0.5, 0.6) is 0 Å². The number of benzene rings is 1. The molecular weight excluding hydrogens is 335 g/mol. The summed E-state index contributed by atoms with van der Waals surface area (Å²) in [5.41, 5.74) is 1.69. The van der Waals surface area contributed by atoms with Gasteiger partial charge >= 0.3 is 0 Å². The molecule has 0 bridgehead atoms. The van der Waals surface area contributed by atoms with Gasteiger partial charge in [-0.2, -0.15) is 0 Å². The molecule has 5 nitrogen and oxygen atoms in total. The van der Waals surface area contributed by atoms with Crippen LogP contribution in [0.4, 0.5) is 0 Å². The maximum Gasteiger partial charge on any atom is 0.253 e. The third kappa shape index (κ3) is 4.47. The number of likely N-dealkylation sites (N-methyl/N-ethyl adjacent to an activating group) is 1. The average molecular weight is 357 g/mol. The number of likely N-dealkylation sites (tertiary alicyclic amines) is 1. The van der Waals surface area contributed by atoms with Crippen molar-refractivity contribution in [2.75, 3.05) is 20.1 Å². The molecule has 1 aliphatic rings. The van der Waals surface area contributed by atoms with Crippen molar-refractivity contribution in [3.63, 3.8) is 0 Å². The molecule has 1 unspecified atom stereocenters. The fraction of sp³-hybridized carbons (Fsp3) is 0.375. The monoisotopic (exact) mass is 356 g/mol. The molecule has 7 heteroatoms. The largest absolute Gasteiger partial charge is 0.337 e. The third-order valence-electron chi connectivity index (χ3n) is 4.01. The average Bonchev–Trinajstić information content (AvgIpc) is 3.09. The highest BCUT2D eigenvalue weighted by Crippen LogP contribution is 2.16. The number of aromatic nitrogens is 2. The van der Waals surface area contributed by atoms with E-state index in [1.165, 1.54) is 0 Å². The van der Waals surface area contributed by atoms with Gasteiger partial charge in [-0.25, -0.2) is 4.98 Å². The van der Waals surface area contributed by atoms with Gasteiger partial charge in [0, 0.05) is 42.8 Å². The zero-order chi connectivity index (χ0) is 14.7. The van der Waals surface area contributed by atoms with Gasteiger partial charge in [0.25, 0.3) is 5.91 Å². The van der Waals surface area contributed by atoms with Crippen molar-refractivity contribution in [1.29, 1.82) is 0 Å². The van der Waals surface area contributed by atoms with E-state index >= 15 is 0 Å². The van der Waals surface area contributed by atoms with Gasteiger partial charge in [0.15, 0.2) is 0 Å². The van der Waals surface area contributed by atoms with Gasteiger partial charge in [0.2, 0.25) is 0 Å². The fourth-order valence-corrected chi connectivity index (χ4v) is 2.79. The minimum absolute atomic E-state index is 0. The lowest BCUT2D eigenvalue weighted by atomic mass is 10.0. The standard InChI is InChI=1S/C16H20N4O.2ClH/c1-17-14-5-3-8-19(11-14)16(21)13-4-2-6-15(10-13)20-9-7-18-12-20;;/h2,4,6-7,9-10,12,14,17H,3,5,8,11H2,1H3;2*1H. The van der Waals surface area contributed by atoms with Gasteiger partial charge < -0.3 is 14.8 Å². The first kappa shape index (κ1) is 19.5. The maximum atomic E-state index is 12.7. The number of amides is 1. The highest BCUT2D eigenvalue weighted by Gasteiger charge is 2.23. The molecule has 1 aromatic heterocycles. The van der Waals surface area contributed by atoms with Crippen molar-refractivity contribution >= 4 is 30.7 Å². The van der Waals surface area contributed by atoms with E-state index in [1.54, 1.807) is 12.5 Å². The minimum atomic E-state index is 0. The fourth-order valence-electron chi connectivity index (χ4n) is 2.79. The number of halogens is 2. The molecule has 23 heavy (non-hydrogen) atoms. The van der Waals surface area contributed by atoms with E-state index in [-0.39, 0.29) is 30.7 Å². The second kappa shape index (κ2) is 8.91. The van der Waals surface area contributed by atoms with Crippen molar-refractivity contribution in [2.45, 2.75) is 18.9 Å². The summed E-state index contributed by atoms with van der Waals surface area (Å²) in [6, 6.07) is 8.10. The molecule has 1 saturated heterocycles. The number of carbonyl (C=O) groups excluding carboxylic acids is 1. The topological polar surface area (TPSA) is 50.2 Å². The SMILES string of the molecule is CNC1CCCN(C(=O)c2cccc(-n3ccnc3)c2)C1.Cl.Cl. The van der Waals surface area contributed by atoms with Gasteiger partial charge in [0.1, 0.15) is 0 Å². The highest BCUT2D eigenvalue weighted by molar-refractivity contribution is 5.94. The number of piperidine rings is 1. The Morgan fingerprint density at radius 1 is 1.35 bits per heavy atom. The van der Waals surface area contributed by atoms with Crippen molar-refractivity contribution in [2.24, 2.45) is 0 Å². The van der Waals surface area contributed by atoms with Crippen LogP contribution in [0, 0.1) is 0 Å². The van der Waals surface area contributed by atoms with Crippen LogP contribution < -0.4 is 5.32 Å². The molecule has 1 aromatic carbocycles. The number of nitrogens with one attached hydrogen (secondary N) is 1. The van der Waals surface area contributed by atoms with Crippen molar-refractivity contribution in [3.05, 3.63) is 48.5 Å². The first-order valence-electron chi connectivity index (χ1n) is 7.33. The number of carbonyl (C=O) groups is 1. The molecule has 1 fully saturated rings. The number of imidazole rings is 1. The van der Waals surface area contributed by atoms with Crippen LogP contribution in [-0.4, -0.2) is 46.5 Å². The van der Waals surface area contributed by atoms with E-state index in [1.807, 2.05) is 47.0 Å². The predicted octanol–water partition coefficient (Wildman–Crippen LogP) is 2.54. The Bertz CT molecular complexity index is 618. The summed E-state index contributed by atoms with van der Waals surface area (Å²) in [6.07, 6.45) is 7.54. The zero-order valence-electron chi connectivity index (χ0n) is 13.0. The van der Waals surface area contributed by atoms with Crippen LogP contribution in [0.2, 0.25) is 0 Å². The van der Waals surface area contributed by atoms with E-state index in [0.29, 0.717) is 6.04 Å². The van der Waals surface area contributed by atoms with Crippen molar-refractivity contribution in [1.82, 2.24) is 19.8 Å². The van der Waals surface area contributed by atoms with Crippen LogP contribution in [0.1, 0.15) is 23.2 Å². The molecule has 1 N–H and O–H groups in total. The van der Waals surface area contributed by atoms with Crippen LogP contribution in [0.3, 0.4) is 0 Å². The molecule has 2 aromatic rings. The Morgan fingerprint density at radius 3 is 2.87 bits per heavy atom. The van der Waals surface area contributed by atoms with Gasteiger partial charge in [-0.3, -0.25) is 4.79 Å². The van der Waals surface area contributed by atoms with Gasteiger partial charge in [0.05, 0.1) is 6.33 Å². The van der Waals surface area contributed by atoms with E-state index in [2.05, 4.69) is 10.3 Å². The first-order chi connectivity index (χ1) is 10.3. The van der Waals surface area contributed by atoms with Crippen LogP contribution in [-0.2, 0) is 0 Å². The molecular formula is C16H22Cl2N4O. The molecule has 0 saturated carbocycles. The number of nitrogens with zero attached hydrogens (tertiary/aromatic N) is 3. The summed E-state index contributed by atoms with van der Waals surface area (Å²) in [5, 5.41) is 3.27. The quantitative estimate of drug-likeness (QED) is 0.919. The summed E-state index contributed by atoms with van der Waals surface area (Å²) in [6.45, 7) is 1.62. The van der Waals surface area contributed by atoms with E-state index in [0.717, 1.165) is 37.2 Å². The lowest BCUT2D eigenvalue weighted by Crippen LogP contribution is -2.46. The molecule has 1 amide bonds. The highest BCUT2D eigenvalue weighted by atomic mass is 35.5. The third-order valence-corrected chi connectivity index (χ3v) is 4.01. The maximum absolute atomic E-state index is 12.7. The molecule has 2 heterocycles. The van der Waals surface area contributed by atoms with Crippen LogP contribution in [0.25, 0.3) is 5.69 Å². The second-order valence-electron chi connectivity index (χ2n) is 5.40.